The van der Waals surface area contributed by atoms with Gasteiger partial charge in [0.15, 0.2) is 12.3 Å². The summed E-state index contributed by atoms with van der Waals surface area (Å²) in [6, 6.07) is 29.9. The third-order valence-electron chi connectivity index (χ3n) is 7.13. The number of benzene rings is 3. The van der Waals surface area contributed by atoms with E-state index in [0.717, 1.165) is 16.7 Å². The van der Waals surface area contributed by atoms with Crippen LogP contribution in [0.4, 0.5) is 4.79 Å². The van der Waals surface area contributed by atoms with Crippen molar-refractivity contribution in [3.05, 3.63) is 119 Å². The molecule has 0 aliphatic carbocycles. The fourth-order valence-electron chi connectivity index (χ4n) is 5.22. The second kappa shape index (κ2) is 10.7. The van der Waals surface area contributed by atoms with Crippen LogP contribution in [0.25, 0.3) is 0 Å². The quantitative estimate of drug-likeness (QED) is 0.303. The topological polar surface area (TPSA) is 48.0 Å². The molecule has 2 aliphatic heterocycles. The lowest BCUT2D eigenvalue weighted by molar-refractivity contribution is -0.0927. The second-order valence-electron chi connectivity index (χ2n) is 10.8. The van der Waals surface area contributed by atoms with Crippen molar-refractivity contribution < 1.29 is 19.0 Å². The second-order valence-corrected chi connectivity index (χ2v) is 15.9. The van der Waals surface area contributed by atoms with Gasteiger partial charge in [0, 0.05) is 0 Å². The normalized spacial score (nSPS) is 24.6. The van der Waals surface area contributed by atoms with Crippen LogP contribution in [-0.2, 0) is 20.8 Å². The molecule has 5 rings (SSSR count). The van der Waals surface area contributed by atoms with E-state index in [4.69, 9.17) is 14.2 Å². The van der Waals surface area contributed by atoms with Gasteiger partial charge < -0.3 is 14.2 Å². The van der Waals surface area contributed by atoms with Gasteiger partial charge in [-0.2, -0.15) is 0 Å². The van der Waals surface area contributed by atoms with Gasteiger partial charge in [0.1, 0.15) is 12.1 Å². The van der Waals surface area contributed by atoms with Gasteiger partial charge in [-0.15, -0.1) is 0 Å². The zero-order valence-electron chi connectivity index (χ0n) is 21.9. The number of hydrogen-bond donors (Lipinski definition) is 0. The van der Waals surface area contributed by atoms with Gasteiger partial charge in [-0.05, 0) is 29.7 Å². The van der Waals surface area contributed by atoms with Crippen LogP contribution in [-0.4, -0.2) is 37.5 Å². The largest absolute Gasteiger partial charge is 0.439 e. The zero-order chi connectivity index (χ0) is 26.0. The van der Waals surface area contributed by atoms with E-state index < -0.39 is 20.4 Å². The van der Waals surface area contributed by atoms with Crippen molar-refractivity contribution in [3.8, 4) is 0 Å². The highest BCUT2D eigenvalue weighted by atomic mass is 28.3. The van der Waals surface area contributed by atoms with Crippen molar-refractivity contribution in [2.45, 2.75) is 63.8 Å². The lowest BCUT2D eigenvalue weighted by Crippen LogP contribution is -2.41. The minimum absolute atomic E-state index is 0.165. The van der Waals surface area contributed by atoms with Crippen molar-refractivity contribution in [1.82, 2.24) is 4.90 Å². The number of rotatable bonds is 8. The maximum Gasteiger partial charge on any atom is 0.413 e. The van der Waals surface area contributed by atoms with E-state index in [9.17, 15) is 4.79 Å². The number of carbonyl (C=O) groups is 1. The third kappa shape index (κ3) is 5.42. The Morgan fingerprint density at radius 2 is 1.43 bits per heavy atom. The van der Waals surface area contributed by atoms with Gasteiger partial charge in [-0.3, -0.25) is 4.90 Å². The lowest BCUT2D eigenvalue weighted by Gasteiger charge is -2.32. The maximum absolute atomic E-state index is 13.4. The van der Waals surface area contributed by atoms with E-state index in [0.29, 0.717) is 6.61 Å². The molecule has 3 aromatic carbocycles. The summed E-state index contributed by atoms with van der Waals surface area (Å²) >= 11 is 0. The number of carbonyl (C=O) groups excluding carboxylic acids is 1. The minimum atomic E-state index is -1.78. The van der Waals surface area contributed by atoms with E-state index in [1.165, 1.54) is 5.20 Å². The molecule has 1 amide bonds. The molecular formula is C31H35NO4Si. The highest BCUT2D eigenvalue weighted by Crippen LogP contribution is 2.46. The Kier molecular flexibility index (Phi) is 7.33. The number of hydrogen-bond acceptors (Lipinski definition) is 4. The number of nitrogens with zero attached hydrogens (tertiary/aromatic N) is 1. The Bertz CT molecular complexity index is 1230. The average Bonchev–Trinajstić information content (AvgIpc) is 3.50. The predicted octanol–water partition coefficient (Wildman–Crippen LogP) is 7.06. The lowest BCUT2D eigenvalue weighted by atomic mass is 9.95. The first-order valence-electron chi connectivity index (χ1n) is 12.9. The van der Waals surface area contributed by atoms with E-state index in [1.807, 2.05) is 66.7 Å². The van der Waals surface area contributed by atoms with Crippen molar-refractivity contribution in [2.75, 3.05) is 0 Å². The Morgan fingerprint density at radius 1 is 0.865 bits per heavy atom. The molecule has 0 unspecified atom stereocenters. The Morgan fingerprint density at radius 3 is 2.03 bits per heavy atom. The average molecular weight is 514 g/mol. The first-order chi connectivity index (χ1) is 17.8. The van der Waals surface area contributed by atoms with E-state index in [-0.39, 0.29) is 24.3 Å². The van der Waals surface area contributed by atoms with Crippen LogP contribution >= 0.6 is 0 Å². The first kappa shape index (κ1) is 25.5. The molecule has 37 heavy (non-hydrogen) atoms. The predicted molar refractivity (Wildman–Crippen MR) is 147 cm³/mol. The molecule has 0 saturated carbocycles. The summed E-state index contributed by atoms with van der Waals surface area (Å²) in [4.78, 5) is 15.2. The maximum atomic E-state index is 13.4. The highest BCUT2D eigenvalue weighted by molar-refractivity contribution is 6.83. The number of amides is 1. The van der Waals surface area contributed by atoms with Crippen molar-refractivity contribution in [1.29, 1.82) is 0 Å². The van der Waals surface area contributed by atoms with Crippen LogP contribution in [0.2, 0.25) is 19.6 Å². The smallest absolute Gasteiger partial charge is 0.413 e. The SMILES string of the molecule is C[C@@H](OCc1ccccc1)[C@@H]1O[C@H](N2C(=O)O[C@H](c3ccccc3)[C@@H]2c2ccccc2)C=C1[Si](C)(C)C. The first-order valence-corrected chi connectivity index (χ1v) is 16.4. The molecule has 0 bridgehead atoms. The number of ether oxygens (including phenoxy) is 3. The van der Waals surface area contributed by atoms with Crippen molar-refractivity contribution in [3.63, 3.8) is 0 Å². The van der Waals surface area contributed by atoms with Crippen molar-refractivity contribution in [2.24, 2.45) is 0 Å². The molecule has 3 aromatic rings. The van der Waals surface area contributed by atoms with Crippen LogP contribution in [0.3, 0.4) is 0 Å². The fraction of sp³-hybridized carbons (Fsp3) is 0.323. The third-order valence-corrected chi connectivity index (χ3v) is 9.31. The van der Waals surface area contributed by atoms with Gasteiger partial charge in [0.2, 0.25) is 0 Å². The summed E-state index contributed by atoms with van der Waals surface area (Å²) < 4.78 is 19.0. The van der Waals surface area contributed by atoms with Gasteiger partial charge in [0.25, 0.3) is 0 Å². The molecule has 0 radical (unpaired) electrons. The fourth-order valence-corrected chi connectivity index (χ4v) is 7.02. The molecule has 0 spiro atoms. The molecule has 6 heteroatoms. The van der Waals surface area contributed by atoms with E-state index >= 15 is 0 Å². The van der Waals surface area contributed by atoms with Crippen LogP contribution in [0, 0.1) is 0 Å². The van der Waals surface area contributed by atoms with Gasteiger partial charge in [-0.25, -0.2) is 4.79 Å². The summed E-state index contributed by atoms with van der Waals surface area (Å²) in [7, 11) is -1.78. The standard InChI is InChI=1S/C31H35NO4Si/c1-22(34-21-23-14-8-5-9-15-23)29-26(37(2,3)4)20-27(35-29)32-28(24-16-10-6-11-17-24)30(36-31(32)33)25-18-12-7-13-19-25/h5-20,22,27-30H,21H2,1-4H3/t22-,27+,28+,29+,30-/m1/s1. The van der Waals surface area contributed by atoms with Gasteiger partial charge in [0.05, 0.1) is 20.8 Å². The molecule has 2 heterocycles. The molecule has 192 valence electrons. The zero-order valence-corrected chi connectivity index (χ0v) is 22.9. The van der Waals surface area contributed by atoms with Gasteiger partial charge >= 0.3 is 6.09 Å². The Balaban J connectivity index is 1.44. The summed E-state index contributed by atoms with van der Waals surface area (Å²) in [5.74, 6) is 0. The van der Waals surface area contributed by atoms with Crippen LogP contribution in [0.15, 0.2) is 102 Å². The molecule has 0 aromatic heterocycles. The van der Waals surface area contributed by atoms with E-state index in [1.54, 1.807) is 4.90 Å². The monoisotopic (exact) mass is 513 g/mol. The summed E-state index contributed by atoms with van der Waals surface area (Å²) in [5.41, 5.74) is 3.11. The highest BCUT2D eigenvalue weighted by Gasteiger charge is 2.50. The van der Waals surface area contributed by atoms with Gasteiger partial charge in [-0.1, -0.05) is 116 Å². The number of cyclic esters (lactones) is 1. The molecular weight excluding hydrogens is 478 g/mol. The molecule has 1 fully saturated rings. The Hall–Kier alpha value is -3.19. The molecule has 1 saturated heterocycles. The van der Waals surface area contributed by atoms with Crippen molar-refractivity contribution >= 4 is 14.2 Å². The molecule has 0 N–H and O–H groups in total. The van der Waals surface area contributed by atoms with Crippen LogP contribution in [0.1, 0.15) is 35.8 Å². The minimum Gasteiger partial charge on any atom is -0.439 e. The van der Waals surface area contributed by atoms with Crippen LogP contribution in [0.5, 0.6) is 0 Å². The molecule has 5 nitrogen and oxygen atoms in total. The summed E-state index contributed by atoms with van der Waals surface area (Å²) in [6.07, 6.45) is 0.457. The summed E-state index contributed by atoms with van der Waals surface area (Å²) in [5, 5.41) is 1.26. The Labute approximate surface area is 220 Å². The summed E-state index contributed by atoms with van der Waals surface area (Å²) in [6.45, 7) is 9.51. The van der Waals surface area contributed by atoms with Crippen LogP contribution < -0.4 is 0 Å². The molecule has 5 atom stereocenters. The van der Waals surface area contributed by atoms with E-state index in [2.05, 4.69) is 56.9 Å². The molecule has 2 aliphatic rings.